The molecule has 2 rings (SSSR count). The predicted molar refractivity (Wildman–Crippen MR) is 109 cm³/mol. The lowest BCUT2D eigenvalue weighted by molar-refractivity contribution is 0.0486. The average molecular weight is 400 g/mol. The summed E-state index contributed by atoms with van der Waals surface area (Å²) in [5.74, 6) is -1.13. The number of carbonyl (C=O) groups excluding carboxylic acids is 2. The van der Waals surface area contributed by atoms with Gasteiger partial charge < -0.3 is 19.7 Å². The van der Waals surface area contributed by atoms with Crippen LogP contribution in [0.3, 0.4) is 0 Å². The monoisotopic (exact) mass is 400 g/mol. The van der Waals surface area contributed by atoms with E-state index in [2.05, 4.69) is 0 Å². The fourth-order valence-electron chi connectivity index (χ4n) is 2.87. The molecule has 0 saturated heterocycles. The molecule has 2 N–H and O–H groups in total. The molecule has 0 unspecified atom stereocenters. The van der Waals surface area contributed by atoms with Gasteiger partial charge in [0.15, 0.2) is 0 Å². The van der Waals surface area contributed by atoms with Crippen LogP contribution in [-0.2, 0) is 9.47 Å². The van der Waals surface area contributed by atoms with Gasteiger partial charge in [-0.15, -0.1) is 0 Å². The Morgan fingerprint density at radius 2 is 0.931 bits per heavy atom. The maximum Gasteiger partial charge on any atom is 0.341 e. The number of aromatic hydroxyl groups is 2. The topological polar surface area (TPSA) is 93.1 Å². The lowest BCUT2D eigenvalue weighted by atomic mass is 10.1. The molecule has 0 radical (unpaired) electrons. The second-order valence-electron chi connectivity index (χ2n) is 6.78. The van der Waals surface area contributed by atoms with Crippen LogP contribution in [-0.4, -0.2) is 35.4 Å². The lowest BCUT2D eigenvalue weighted by Crippen LogP contribution is -2.06. The molecule has 0 aliphatic carbocycles. The molecule has 0 aliphatic heterocycles. The Morgan fingerprint density at radius 3 is 1.31 bits per heavy atom. The molecule has 0 spiro atoms. The van der Waals surface area contributed by atoms with Gasteiger partial charge in [-0.1, -0.05) is 56.4 Å². The summed E-state index contributed by atoms with van der Waals surface area (Å²) in [6, 6.07) is 12.7. The van der Waals surface area contributed by atoms with Gasteiger partial charge in [-0.3, -0.25) is 0 Å². The number of phenolic OH excluding ortho intramolecular Hbond substituents is 2. The Hall–Kier alpha value is -3.02. The molecule has 6 heteroatoms. The van der Waals surface area contributed by atoms with E-state index in [0.29, 0.717) is 13.2 Å². The minimum Gasteiger partial charge on any atom is -0.507 e. The molecular formula is C23H28O6. The number of esters is 2. The highest BCUT2D eigenvalue weighted by atomic mass is 16.5. The maximum atomic E-state index is 11.8. The summed E-state index contributed by atoms with van der Waals surface area (Å²) in [5, 5.41) is 19.2. The zero-order valence-electron chi connectivity index (χ0n) is 16.5. The van der Waals surface area contributed by atoms with Crippen LogP contribution >= 0.6 is 0 Å². The highest BCUT2D eigenvalue weighted by molar-refractivity contribution is 5.92. The van der Waals surface area contributed by atoms with Crippen LogP contribution in [0.25, 0.3) is 0 Å². The molecule has 0 amide bonds. The van der Waals surface area contributed by atoms with Crippen molar-refractivity contribution in [2.75, 3.05) is 13.2 Å². The van der Waals surface area contributed by atoms with Gasteiger partial charge in [0.25, 0.3) is 0 Å². The van der Waals surface area contributed by atoms with E-state index in [1.54, 1.807) is 24.3 Å². The Kier molecular flexibility index (Phi) is 9.55. The number of carbonyl (C=O) groups is 2. The van der Waals surface area contributed by atoms with E-state index in [-0.39, 0.29) is 22.6 Å². The van der Waals surface area contributed by atoms with Crippen LogP contribution in [0.2, 0.25) is 0 Å². The molecule has 6 nitrogen and oxygen atoms in total. The molecule has 2 aromatic carbocycles. The molecule has 0 bridgehead atoms. The van der Waals surface area contributed by atoms with Crippen LogP contribution < -0.4 is 0 Å². The quantitative estimate of drug-likeness (QED) is 0.391. The van der Waals surface area contributed by atoms with Crippen LogP contribution in [0.4, 0.5) is 0 Å². The summed E-state index contributed by atoms with van der Waals surface area (Å²) in [5.41, 5.74) is 0.381. The number of rotatable bonds is 12. The third-order valence-corrected chi connectivity index (χ3v) is 4.50. The molecule has 0 aromatic heterocycles. The van der Waals surface area contributed by atoms with Gasteiger partial charge in [0.05, 0.1) is 13.2 Å². The summed E-state index contributed by atoms with van der Waals surface area (Å²) in [6.07, 6.45) is 6.68. The van der Waals surface area contributed by atoms with Gasteiger partial charge in [-0.2, -0.15) is 0 Å². The molecule has 0 fully saturated rings. The molecule has 29 heavy (non-hydrogen) atoms. The van der Waals surface area contributed by atoms with Crippen LogP contribution in [0, 0.1) is 0 Å². The third-order valence-electron chi connectivity index (χ3n) is 4.50. The summed E-state index contributed by atoms with van der Waals surface area (Å²) < 4.78 is 10.3. The molecule has 0 aliphatic rings. The predicted octanol–water partition coefficient (Wildman–Crippen LogP) is 4.84. The first kappa shape index (κ1) is 22.3. The standard InChI is InChI=1S/C23H28O6/c24-20-14-8-6-12-18(20)22(26)28-16-10-4-2-1-3-5-11-17-29-23(27)19-13-7-9-15-21(19)25/h6-9,12-15,24-25H,1-5,10-11,16-17H2. The highest BCUT2D eigenvalue weighted by Gasteiger charge is 2.12. The molecule has 0 atom stereocenters. The maximum absolute atomic E-state index is 11.8. The zero-order valence-corrected chi connectivity index (χ0v) is 16.5. The van der Waals surface area contributed by atoms with E-state index in [0.717, 1.165) is 44.9 Å². The van der Waals surface area contributed by atoms with E-state index < -0.39 is 11.9 Å². The van der Waals surface area contributed by atoms with Crippen LogP contribution in [0.5, 0.6) is 11.5 Å². The number of hydrogen-bond donors (Lipinski definition) is 2. The molecule has 0 saturated carbocycles. The second-order valence-corrected chi connectivity index (χ2v) is 6.78. The summed E-state index contributed by atoms with van der Waals surface area (Å²) in [7, 11) is 0. The van der Waals surface area contributed by atoms with Crippen molar-refractivity contribution in [3.63, 3.8) is 0 Å². The van der Waals surface area contributed by atoms with Crippen molar-refractivity contribution in [2.24, 2.45) is 0 Å². The number of para-hydroxylation sites is 2. The Bertz CT molecular complexity index is 721. The van der Waals surface area contributed by atoms with Crippen molar-refractivity contribution in [1.82, 2.24) is 0 Å². The summed E-state index contributed by atoms with van der Waals surface area (Å²) in [6.45, 7) is 0.685. The van der Waals surface area contributed by atoms with E-state index in [1.165, 1.54) is 24.3 Å². The van der Waals surface area contributed by atoms with Gasteiger partial charge >= 0.3 is 11.9 Å². The second kappa shape index (κ2) is 12.4. The molecule has 2 aromatic rings. The first-order valence-corrected chi connectivity index (χ1v) is 10.00. The summed E-state index contributed by atoms with van der Waals surface area (Å²) >= 11 is 0. The number of phenols is 2. The van der Waals surface area contributed by atoms with E-state index in [9.17, 15) is 19.8 Å². The first-order chi connectivity index (χ1) is 14.1. The SMILES string of the molecule is O=C(OCCCCCCCCCOC(=O)c1ccccc1O)c1ccccc1O. The minimum absolute atomic E-state index is 0.0660. The fourth-order valence-corrected chi connectivity index (χ4v) is 2.87. The lowest BCUT2D eigenvalue weighted by Gasteiger charge is -2.07. The normalized spacial score (nSPS) is 10.5. The molecular weight excluding hydrogens is 372 g/mol. The van der Waals surface area contributed by atoms with Crippen molar-refractivity contribution in [2.45, 2.75) is 44.9 Å². The van der Waals surface area contributed by atoms with Gasteiger partial charge in [-0.05, 0) is 37.1 Å². The van der Waals surface area contributed by atoms with E-state index in [1.807, 2.05) is 0 Å². The van der Waals surface area contributed by atoms with Crippen molar-refractivity contribution < 1.29 is 29.3 Å². The van der Waals surface area contributed by atoms with Crippen molar-refractivity contribution in [3.05, 3.63) is 59.7 Å². The molecule has 0 heterocycles. The van der Waals surface area contributed by atoms with E-state index in [4.69, 9.17) is 9.47 Å². The largest absolute Gasteiger partial charge is 0.507 e. The Balaban J connectivity index is 1.44. The van der Waals surface area contributed by atoms with E-state index >= 15 is 0 Å². The smallest absolute Gasteiger partial charge is 0.341 e. The average Bonchev–Trinajstić information content (AvgIpc) is 2.72. The number of hydrogen-bond acceptors (Lipinski definition) is 6. The Labute approximate surface area is 171 Å². The fraction of sp³-hybridized carbons (Fsp3) is 0.391. The summed E-state index contributed by atoms with van der Waals surface area (Å²) in [4.78, 5) is 23.7. The molecule has 156 valence electrons. The zero-order chi connectivity index (χ0) is 20.9. The third kappa shape index (κ3) is 7.86. The van der Waals surface area contributed by atoms with Crippen LogP contribution in [0.1, 0.15) is 65.7 Å². The highest BCUT2D eigenvalue weighted by Crippen LogP contribution is 2.18. The van der Waals surface area contributed by atoms with Gasteiger partial charge in [0.2, 0.25) is 0 Å². The number of ether oxygens (including phenoxy) is 2. The van der Waals surface area contributed by atoms with Gasteiger partial charge in [0.1, 0.15) is 22.6 Å². The number of unbranched alkanes of at least 4 members (excludes halogenated alkanes) is 6. The van der Waals surface area contributed by atoms with Gasteiger partial charge in [-0.25, -0.2) is 9.59 Å². The minimum atomic E-state index is -0.499. The van der Waals surface area contributed by atoms with Crippen LogP contribution in [0.15, 0.2) is 48.5 Å². The van der Waals surface area contributed by atoms with Crippen molar-refractivity contribution in [1.29, 1.82) is 0 Å². The number of benzene rings is 2. The van der Waals surface area contributed by atoms with Crippen molar-refractivity contribution >= 4 is 11.9 Å². The first-order valence-electron chi connectivity index (χ1n) is 10.00. The van der Waals surface area contributed by atoms with Crippen molar-refractivity contribution in [3.8, 4) is 11.5 Å². The van der Waals surface area contributed by atoms with Gasteiger partial charge in [0, 0.05) is 0 Å². The Morgan fingerprint density at radius 1 is 0.586 bits per heavy atom.